The lowest BCUT2D eigenvalue weighted by atomic mass is 10.1. The molecule has 0 heterocycles. The lowest BCUT2D eigenvalue weighted by Crippen LogP contribution is -2.32. The summed E-state index contributed by atoms with van der Waals surface area (Å²) >= 11 is 0. The Hall–Kier alpha value is -1.17. The lowest BCUT2D eigenvalue weighted by Gasteiger charge is -2.27. The van der Waals surface area contributed by atoms with Crippen LogP contribution in [0.15, 0.2) is 18.2 Å². The number of ether oxygens (including phenoxy) is 2. The Balaban J connectivity index is 2.95. The minimum atomic E-state index is -0.201. The van der Waals surface area contributed by atoms with Crippen LogP contribution in [0.5, 0.6) is 0 Å². The van der Waals surface area contributed by atoms with Crippen LogP contribution in [0, 0.1) is 5.82 Å². The largest absolute Gasteiger partial charge is 0.383 e. The molecule has 1 N–H and O–H groups in total. The zero-order chi connectivity index (χ0) is 14.8. The van der Waals surface area contributed by atoms with Gasteiger partial charge in [0.15, 0.2) is 0 Å². The Bertz CT molecular complexity index is 380. The van der Waals surface area contributed by atoms with Gasteiger partial charge >= 0.3 is 0 Å². The molecule has 114 valence electrons. The SMILES string of the molecule is CCNCc1cccc(F)c1N(CCOC)CCOC. The van der Waals surface area contributed by atoms with E-state index < -0.39 is 0 Å². The molecule has 0 atom stereocenters. The molecule has 0 aliphatic carbocycles. The number of para-hydroxylation sites is 1. The zero-order valence-electron chi connectivity index (χ0n) is 12.6. The third-order valence-corrected chi connectivity index (χ3v) is 3.08. The molecule has 1 aromatic rings. The summed E-state index contributed by atoms with van der Waals surface area (Å²) in [6.07, 6.45) is 0. The molecule has 0 radical (unpaired) electrons. The van der Waals surface area contributed by atoms with Crippen LogP contribution in [0.2, 0.25) is 0 Å². The van der Waals surface area contributed by atoms with Crippen molar-refractivity contribution in [1.82, 2.24) is 5.32 Å². The Morgan fingerprint density at radius 3 is 2.35 bits per heavy atom. The highest BCUT2D eigenvalue weighted by atomic mass is 19.1. The number of nitrogens with zero attached hydrogens (tertiary/aromatic N) is 1. The first kappa shape index (κ1) is 16.9. The number of halogens is 1. The van der Waals surface area contributed by atoms with E-state index in [2.05, 4.69) is 5.32 Å². The quantitative estimate of drug-likeness (QED) is 0.713. The van der Waals surface area contributed by atoms with Crippen LogP contribution in [-0.4, -0.2) is 47.1 Å². The Labute approximate surface area is 120 Å². The molecule has 4 nitrogen and oxygen atoms in total. The Morgan fingerprint density at radius 2 is 1.80 bits per heavy atom. The summed E-state index contributed by atoms with van der Waals surface area (Å²) in [4.78, 5) is 1.98. The smallest absolute Gasteiger partial charge is 0.146 e. The molecule has 1 rings (SSSR count). The third-order valence-electron chi connectivity index (χ3n) is 3.08. The van der Waals surface area contributed by atoms with Gasteiger partial charge in [-0.15, -0.1) is 0 Å². The summed E-state index contributed by atoms with van der Waals surface area (Å²) in [5.41, 5.74) is 1.60. The van der Waals surface area contributed by atoms with Gasteiger partial charge in [-0.2, -0.15) is 0 Å². The van der Waals surface area contributed by atoms with Crippen LogP contribution in [0.25, 0.3) is 0 Å². The topological polar surface area (TPSA) is 33.7 Å². The Kier molecular flexibility index (Phi) is 8.18. The summed E-state index contributed by atoms with van der Waals surface area (Å²) in [6, 6.07) is 5.20. The van der Waals surface area contributed by atoms with Crippen LogP contribution in [0.3, 0.4) is 0 Å². The molecule has 0 aliphatic rings. The first-order valence-corrected chi connectivity index (χ1v) is 6.95. The molecule has 0 saturated carbocycles. The average Bonchev–Trinajstić information content (AvgIpc) is 2.46. The second-order valence-electron chi connectivity index (χ2n) is 4.50. The highest BCUT2D eigenvalue weighted by molar-refractivity contribution is 5.55. The summed E-state index contributed by atoms with van der Waals surface area (Å²) < 4.78 is 24.5. The van der Waals surface area contributed by atoms with E-state index >= 15 is 0 Å². The van der Waals surface area contributed by atoms with Gasteiger partial charge in [0.1, 0.15) is 5.82 Å². The second-order valence-corrected chi connectivity index (χ2v) is 4.50. The van der Waals surface area contributed by atoms with E-state index in [0.717, 1.165) is 12.1 Å². The molecule has 5 heteroatoms. The van der Waals surface area contributed by atoms with Crippen molar-refractivity contribution in [3.05, 3.63) is 29.6 Å². The highest BCUT2D eigenvalue weighted by Crippen LogP contribution is 2.24. The molecule has 0 bridgehead atoms. The van der Waals surface area contributed by atoms with Crippen LogP contribution in [0.4, 0.5) is 10.1 Å². The number of hydrogen-bond acceptors (Lipinski definition) is 4. The van der Waals surface area contributed by atoms with Crippen LogP contribution in [-0.2, 0) is 16.0 Å². The zero-order valence-corrected chi connectivity index (χ0v) is 12.6. The van der Waals surface area contributed by atoms with E-state index in [9.17, 15) is 4.39 Å². The number of rotatable bonds is 10. The van der Waals surface area contributed by atoms with Crippen LogP contribution in [0.1, 0.15) is 12.5 Å². The van der Waals surface area contributed by atoms with Crippen molar-refractivity contribution in [2.24, 2.45) is 0 Å². The monoisotopic (exact) mass is 284 g/mol. The molecule has 0 unspecified atom stereocenters. The number of nitrogens with one attached hydrogen (secondary N) is 1. The fraction of sp³-hybridized carbons (Fsp3) is 0.600. The number of anilines is 1. The predicted molar refractivity (Wildman–Crippen MR) is 79.7 cm³/mol. The molecular formula is C15H25FN2O2. The fourth-order valence-electron chi connectivity index (χ4n) is 2.05. The predicted octanol–water partition coefficient (Wildman–Crippen LogP) is 2.03. The van der Waals surface area contributed by atoms with Crippen LogP contribution >= 0.6 is 0 Å². The van der Waals surface area contributed by atoms with E-state index in [1.807, 2.05) is 17.9 Å². The normalized spacial score (nSPS) is 10.8. The van der Waals surface area contributed by atoms with Crippen molar-refractivity contribution >= 4 is 5.69 Å². The van der Waals surface area contributed by atoms with Gasteiger partial charge in [-0.25, -0.2) is 4.39 Å². The molecule has 1 aromatic carbocycles. The van der Waals surface area contributed by atoms with Crippen molar-refractivity contribution in [3.63, 3.8) is 0 Å². The van der Waals surface area contributed by atoms with Gasteiger partial charge in [0.25, 0.3) is 0 Å². The van der Waals surface area contributed by atoms with Gasteiger partial charge < -0.3 is 19.7 Å². The molecule has 0 aliphatic heterocycles. The minimum absolute atomic E-state index is 0.201. The molecular weight excluding hydrogens is 259 g/mol. The van der Waals surface area contributed by atoms with E-state index in [0.29, 0.717) is 38.5 Å². The summed E-state index contributed by atoms with van der Waals surface area (Å²) in [7, 11) is 3.30. The van der Waals surface area contributed by atoms with Crippen molar-refractivity contribution < 1.29 is 13.9 Å². The van der Waals surface area contributed by atoms with Gasteiger partial charge in [-0.05, 0) is 18.2 Å². The van der Waals surface area contributed by atoms with Crippen molar-refractivity contribution in [2.45, 2.75) is 13.5 Å². The second kappa shape index (κ2) is 9.69. The van der Waals surface area contributed by atoms with Gasteiger partial charge in [0.2, 0.25) is 0 Å². The standard InChI is InChI=1S/C15H25FN2O2/c1-4-17-12-13-6-5-7-14(16)15(13)18(8-10-19-2)9-11-20-3/h5-7,17H,4,8-12H2,1-3H3. The van der Waals surface area contributed by atoms with Crippen molar-refractivity contribution in [3.8, 4) is 0 Å². The lowest BCUT2D eigenvalue weighted by molar-refractivity contribution is 0.190. The molecule has 0 aromatic heterocycles. The van der Waals surface area contributed by atoms with E-state index in [1.165, 1.54) is 6.07 Å². The Morgan fingerprint density at radius 1 is 1.15 bits per heavy atom. The third kappa shape index (κ3) is 5.07. The maximum absolute atomic E-state index is 14.2. The summed E-state index contributed by atoms with van der Waals surface area (Å²) in [5.74, 6) is -0.201. The molecule has 20 heavy (non-hydrogen) atoms. The number of benzene rings is 1. The van der Waals surface area contributed by atoms with E-state index in [-0.39, 0.29) is 5.82 Å². The first-order valence-electron chi connectivity index (χ1n) is 6.95. The first-order chi connectivity index (χ1) is 9.74. The summed E-state index contributed by atoms with van der Waals surface area (Å²) in [6.45, 7) is 5.93. The maximum Gasteiger partial charge on any atom is 0.146 e. The van der Waals surface area contributed by atoms with Crippen molar-refractivity contribution in [2.75, 3.05) is 52.0 Å². The van der Waals surface area contributed by atoms with E-state index in [4.69, 9.17) is 9.47 Å². The molecule has 0 fully saturated rings. The number of hydrogen-bond donors (Lipinski definition) is 1. The van der Waals surface area contributed by atoms with Crippen molar-refractivity contribution in [1.29, 1.82) is 0 Å². The van der Waals surface area contributed by atoms with Gasteiger partial charge in [-0.3, -0.25) is 0 Å². The maximum atomic E-state index is 14.2. The van der Waals surface area contributed by atoms with Gasteiger partial charge in [0, 0.05) is 33.9 Å². The molecule has 0 amide bonds. The molecule has 0 spiro atoms. The number of methoxy groups -OCH3 is 2. The average molecular weight is 284 g/mol. The summed E-state index contributed by atoms with van der Waals surface area (Å²) in [5, 5.41) is 3.24. The minimum Gasteiger partial charge on any atom is -0.383 e. The molecule has 0 saturated heterocycles. The highest BCUT2D eigenvalue weighted by Gasteiger charge is 2.15. The van der Waals surface area contributed by atoms with Gasteiger partial charge in [-0.1, -0.05) is 19.1 Å². The van der Waals surface area contributed by atoms with Crippen LogP contribution < -0.4 is 10.2 Å². The van der Waals surface area contributed by atoms with E-state index in [1.54, 1.807) is 20.3 Å². The van der Waals surface area contributed by atoms with Gasteiger partial charge in [0.05, 0.1) is 18.9 Å². The fourth-order valence-corrected chi connectivity index (χ4v) is 2.05.